The highest BCUT2D eigenvalue weighted by Gasteiger charge is 2.08. The molecule has 1 atom stereocenters. The number of thiophene rings is 1. The third kappa shape index (κ3) is 3.62. The molecule has 2 rings (SSSR count). The Kier molecular flexibility index (Phi) is 4.88. The molecule has 1 aromatic carbocycles. The van der Waals surface area contributed by atoms with Crippen LogP contribution in [0, 0.1) is 5.82 Å². The molecule has 1 unspecified atom stereocenters. The van der Waals surface area contributed by atoms with Gasteiger partial charge in [0.2, 0.25) is 0 Å². The van der Waals surface area contributed by atoms with Crippen LogP contribution in [0.3, 0.4) is 0 Å². The van der Waals surface area contributed by atoms with Gasteiger partial charge in [-0.25, -0.2) is 4.39 Å². The highest BCUT2D eigenvalue weighted by Crippen LogP contribution is 2.17. The van der Waals surface area contributed by atoms with Crippen LogP contribution in [0.1, 0.15) is 17.2 Å². The van der Waals surface area contributed by atoms with Crippen LogP contribution in [0.5, 0.6) is 0 Å². The molecule has 0 saturated carbocycles. The van der Waals surface area contributed by atoms with E-state index >= 15 is 0 Å². The number of aliphatic hydroxyl groups excluding tert-OH is 1. The molecule has 0 radical (unpaired) electrons. The van der Waals surface area contributed by atoms with Crippen molar-refractivity contribution in [3.05, 3.63) is 56.4 Å². The van der Waals surface area contributed by atoms with Gasteiger partial charge in [0.25, 0.3) is 0 Å². The third-order valence-electron chi connectivity index (χ3n) is 2.60. The molecule has 0 saturated heterocycles. The second kappa shape index (κ2) is 6.43. The van der Waals surface area contributed by atoms with Crippen molar-refractivity contribution in [2.75, 3.05) is 6.54 Å². The first kappa shape index (κ1) is 13.7. The van der Waals surface area contributed by atoms with Gasteiger partial charge in [-0.3, -0.25) is 0 Å². The standard InChI is InChI=1S/C13H13BrFNOS/c14-11-2-1-9(12(15)5-11)6-16-7-13(17)10-3-4-18-8-10/h1-5,8,13,16-17H,6-7H2. The first-order valence-corrected chi connectivity index (χ1v) is 7.25. The van der Waals surface area contributed by atoms with Crippen LogP contribution in [0.25, 0.3) is 0 Å². The molecule has 1 heterocycles. The van der Waals surface area contributed by atoms with E-state index in [0.29, 0.717) is 18.7 Å². The van der Waals surface area contributed by atoms with Gasteiger partial charge in [0.1, 0.15) is 5.82 Å². The van der Waals surface area contributed by atoms with E-state index in [2.05, 4.69) is 21.2 Å². The van der Waals surface area contributed by atoms with Crippen LogP contribution in [0.2, 0.25) is 0 Å². The van der Waals surface area contributed by atoms with Crippen LogP contribution < -0.4 is 5.32 Å². The second-order valence-corrected chi connectivity index (χ2v) is 5.63. The number of halogens is 2. The average Bonchev–Trinajstić information content (AvgIpc) is 2.85. The Hall–Kier alpha value is -0.750. The zero-order valence-corrected chi connectivity index (χ0v) is 12.0. The topological polar surface area (TPSA) is 32.3 Å². The van der Waals surface area contributed by atoms with Crippen LogP contribution >= 0.6 is 27.3 Å². The van der Waals surface area contributed by atoms with E-state index < -0.39 is 6.10 Å². The number of rotatable bonds is 5. The molecule has 96 valence electrons. The Labute approximate surface area is 118 Å². The van der Waals surface area contributed by atoms with E-state index in [0.717, 1.165) is 10.0 Å². The van der Waals surface area contributed by atoms with Crippen molar-refractivity contribution in [2.45, 2.75) is 12.6 Å². The van der Waals surface area contributed by atoms with Crippen LogP contribution in [0.4, 0.5) is 4.39 Å². The normalized spacial score (nSPS) is 12.6. The minimum atomic E-state index is -0.547. The largest absolute Gasteiger partial charge is 0.387 e. The maximum absolute atomic E-state index is 13.5. The summed E-state index contributed by atoms with van der Waals surface area (Å²) in [6.07, 6.45) is -0.547. The van der Waals surface area contributed by atoms with Crippen molar-refractivity contribution in [1.82, 2.24) is 5.32 Å². The zero-order chi connectivity index (χ0) is 13.0. The van der Waals surface area contributed by atoms with E-state index in [1.807, 2.05) is 16.8 Å². The molecular weight excluding hydrogens is 317 g/mol. The van der Waals surface area contributed by atoms with E-state index in [1.165, 1.54) is 6.07 Å². The zero-order valence-electron chi connectivity index (χ0n) is 9.57. The lowest BCUT2D eigenvalue weighted by atomic mass is 10.2. The lowest BCUT2D eigenvalue weighted by Gasteiger charge is -2.11. The molecule has 2 aromatic rings. The molecule has 0 amide bonds. The van der Waals surface area contributed by atoms with Crippen LogP contribution in [-0.4, -0.2) is 11.7 Å². The molecule has 0 aliphatic heterocycles. The molecule has 1 aromatic heterocycles. The smallest absolute Gasteiger partial charge is 0.128 e. The van der Waals surface area contributed by atoms with Gasteiger partial charge < -0.3 is 10.4 Å². The van der Waals surface area contributed by atoms with E-state index in [4.69, 9.17) is 0 Å². The fraction of sp³-hybridized carbons (Fsp3) is 0.231. The molecule has 18 heavy (non-hydrogen) atoms. The summed E-state index contributed by atoms with van der Waals surface area (Å²) in [7, 11) is 0. The Morgan fingerprint density at radius 2 is 2.22 bits per heavy atom. The predicted octanol–water partition coefficient (Wildman–Crippen LogP) is 3.47. The molecule has 0 fully saturated rings. The quantitative estimate of drug-likeness (QED) is 0.880. The molecular formula is C13H13BrFNOS. The summed E-state index contributed by atoms with van der Waals surface area (Å²) in [6.45, 7) is 0.812. The van der Waals surface area contributed by atoms with Gasteiger partial charge in [-0.1, -0.05) is 22.0 Å². The van der Waals surface area contributed by atoms with E-state index in [-0.39, 0.29) is 5.82 Å². The summed E-state index contributed by atoms with van der Waals surface area (Å²) < 4.78 is 14.2. The fourth-order valence-corrected chi connectivity index (χ4v) is 2.63. The number of hydrogen-bond acceptors (Lipinski definition) is 3. The molecule has 2 N–H and O–H groups in total. The minimum Gasteiger partial charge on any atom is -0.387 e. The van der Waals surface area contributed by atoms with Crippen molar-refractivity contribution in [3.8, 4) is 0 Å². The van der Waals surface area contributed by atoms with Gasteiger partial charge in [-0.05, 0) is 34.5 Å². The maximum Gasteiger partial charge on any atom is 0.128 e. The number of hydrogen-bond donors (Lipinski definition) is 2. The number of nitrogens with one attached hydrogen (secondary N) is 1. The Bertz CT molecular complexity index is 504. The second-order valence-electron chi connectivity index (χ2n) is 3.94. The summed E-state index contributed by atoms with van der Waals surface area (Å²) in [4.78, 5) is 0. The molecule has 5 heteroatoms. The molecule has 0 aliphatic rings. The first-order valence-electron chi connectivity index (χ1n) is 5.51. The summed E-state index contributed by atoms with van der Waals surface area (Å²) in [6, 6.07) is 6.85. The van der Waals surface area contributed by atoms with Gasteiger partial charge in [-0.2, -0.15) is 11.3 Å². The Morgan fingerprint density at radius 3 is 2.89 bits per heavy atom. The number of aliphatic hydroxyl groups is 1. The van der Waals surface area contributed by atoms with Gasteiger partial charge in [0.15, 0.2) is 0 Å². The van der Waals surface area contributed by atoms with Crippen molar-refractivity contribution >= 4 is 27.3 Å². The average molecular weight is 330 g/mol. The van der Waals surface area contributed by atoms with Gasteiger partial charge >= 0.3 is 0 Å². The van der Waals surface area contributed by atoms with E-state index in [9.17, 15) is 9.50 Å². The highest BCUT2D eigenvalue weighted by molar-refractivity contribution is 9.10. The summed E-state index contributed by atoms with van der Waals surface area (Å²) in [5.41, 5.74) is 1.49. The predicted molar refractivity (Wildman–Crippen MR) is 75.1 cm³/mol. The maximum atomic E-state index is 13.5. The summed E-state index contributed by atoms with van der Waals surface area (Å²) in [5.74, 6) is -0.248. The molecule has 0 aliphatic carbocycles. The first-order chi connectivity index (χ1) is 8.66. The minimum absolute atomic E-state index is 0.248. The molecule has 0 spiro atoms. The van der Waals surface area contributed by atoms with Gasteiger partial charge in [0.05, 0.1) is 6.10 Å². The lowest BCUT2D eigenvalue weighted by molar-refractivity contribution is 0.174. The Balaban J connectivity index is 1.85. The van der Waals surface area contributed by atoms with Crippen molar-refractivity contribution < 1.29 is 9.50 Å². The van der Waals surface area contributed by atoms with Crippen molar-refractivity contribution in [3.63, 3.8) is 0 Å². The fourth-order valence-electron chi connectivity index (χ4n) is 1.59. The van der Waals surface area contributed by atoms with Crippen LogP contribution in [0.15, 0.2) is 39.5 Å². The van der Waals surface area contributed by atoms with Gasteiger partial charge in [-0.15, -0.1) is 0 Å². The van der Waals surface area contributed by atoms with Crippen molar-refractivity contribution in [1.29, 1.82) is 0 Å². The van der Waals surface area contributed by atoms with Gasteiger partial charge in [0, 0.05) is 23.1 Å². The van der Waals surface area contributed by atoms with Crippen molar-refractivity contribution in [2.24, 2.45) is 0 Å². The summed E-state index contributed by atoms with van der Waals surface area (Å²) >= 11 is 4.76. The molecule has 0 bridgehead atoms. The summed E-state index contributed by atoms with van der Waals surface area (Å²) in [5, 5.41) is 16.7. The molecule has 2 nitrogen and oxygen atoms in total. The van der Waals surface area contributed by atoms with E-state index in [1.54, 1.807) is 23.5 Å². The third-order valence-corrected chi connectivity index (χ3v) is 3.79. The number of benzene rings is 1. The highest BCUT2D eigenvalue weighted by atomic mass is 79.9. The van der Waals surface area contributed by atoms with Crippen LogP contribution in [-0.2, 0) is 6.54 Å². The monoisotopic (exact) mass is 329 g/mol. The SMILES string of the molecule is OC(CNCc1ccc(Br)cc1F)c1ccsc1. The lowest BCUT2D eigenvalue weighted by Crippen LogP contribution is -2.21. The Morgan fingerprint density at radius 1 is 1.39 bits per heavy atom.